The SMILES string of the molecule is Cc1oc(C)c(S(=O)(=O)NC(C)CCN(C)C)c1CN. The number of aryl methyl sites for hydroxylation is 2. The predicted molar refractivity (Wildman–Crippen MR) is 79.0 cm³/mol. The molecule has 0 aliphatic carbocycles. The number of nitrogens with one attached hydrogen (secondary N) is 1. The summed E-state index contributed by atoms with van der Waals surface area (Å²) >= 11 is 0. The van der Waals surface area contributed by atoms with E-state index in [1.165, 1.54) is 0 Å². The Kier molecular flexibility index (Phi) is 5.76. The van der Waals surface area contributed by atoms with Gasteiger partial charge in [-0.3, -0.25) is 0 Å². The second kappa shape index (κ2) is 6.71. The lowest BCUT2D eigenvalue weighted by Crippen LogP contribution is -2.35. The van der Waals surface area contributed by atoms with Crippen molar-refractivity contribution in [3.63, 3.8) is 0 Å². The topological polar surface area (TPSA) is 88.6 Å². The minimum absolute atomic E-state index is 0.144. The van der Waals surface area contributed by atoms with Gasteiger partial charge in [0.15, 0.2) is 0 Å². The molecule has 1 aromatic heterocycles. The average Bonchev–Trinajstić information content (AvgIpc) is 2.60. The van der Waals surface area contributed by atoms with Gasteiger partial charge in [-0.15, -0.1) is 0 Å². The van der Waals surface area contributed by atoms with Gasteiger partial charge in [0, 0.05) is 18.2 Å². The van der Waals surface area contributed by atoms with E-state index in [2.05, 4.69) is 4.72 Å². The Morgan fingerprint density at radius 1 is 1.30 bits per heavy atom. The minimum atomic E-state index is -3.60. The van der Waals surface area contributed by atoms with E-state index < -0.39 is 10.0 Å². The molecule has 1 rings (SSSR count). The molecule has 116 valence electrons. The Morgan fingerprint density at radius 2 is 1.90 bits per heavy atom. The van der Waals surface area contributed by atoms with Crippen LogP contribution in [0.5, 0.6) is 0 Å². The Balaban J connectivity index is 2.94. The van der Waals surface area contributed by atoms with Gasteiger partial charge in [-0.2, -0.15) is 0 Å². The van der Waals surface area contributed by atoms with E-state index in [9.17, 15) is 8.42 Å². The molecule has 0 aromatic carbocycles. The van der Waals surface area contributed by atoms with E-state index in [4.69, 9.17) is 10.2 Å². The van der Waals surface area contributed by atoms with E-state index in [1.54, 1.807) is 13.8 Å². The van der Waals surface area contributed by atoms with Crippen molar-refractivity contribution in [1.29, 1.82) is 0 Å². The third kappa shape index (κ3) is 4.05. The molecule has 0 bridgehead atoms. The van der Waals surface area contributed by atoms with Crippen LogP contribution in [-0.2, 0) is 16.6 Å². The van der Waals surface area contributed by atoms with Crippen LogP contribution >= 0.6 is 0 Å². The zero-order chi connectivity index (χ0) is 15.5. The minimum Gasteiger partial charge on any atom is -0.465 e. The first-order valence-corrected chi connectivity index (χ1v) is 8.13. The highest BCUT2D eigenvalue weighted by molar-refractivity contribution is 7.89. The first-order valence-electron chi connectivity index (χ1n) is 6.65. The van der Waals surface area contributed by atoms with Crippen LogP contribution in [0.2, 0.25) is 0 Å². The second-order valence-corrected chi connectivity index (χ2v) is 6.99. The van der Waals surface area contributed by atoms with Crippen molar-refractivity contribution in [3.8, 4) is 0 Å². The smallest absolute Gasteiger partial charge is 0.244 e. The van der Waals surface area contributed by atoms with Crippen molar-refractivity contribution >= 4 is 10.0 Å². The molecule has 0 saturated carbocycles. The largest absolute Gasteiger partial charge is 0.465 e. The standard InChI is InChI=1S/C13H25N3O3S/c1-9(6-7-16(4)5)15-20(17,18)13-11(3)19-10(2)12(13)8-14/h9,15H,6-8,14H2,1-5H3. The predicted octanol–water partition coefficient (Wildman–Crippen LogP) is 0.974. The number of nitrogens with two attached hydrogens (primary N) is 1. The highest BCUT2D eigenvalue weighted by Gasteiger charge is 2.27. The summed E-state index contributed by atoms with van der Waals surface area (Å²) in [5.41, 5.74) is 6.18. The summed E-state index contributed by atoms with van der Waals surface area (Å²) in [5, 5.41) is 0. The van der Waals surface area contributed by atoms with Gasteiger partial charge >= 0.3 is 0 Å². The van der Waals surface area contributed by atoms with Gasteiger partial charge in [0.2, 0.25) is 10.0 Å². The summed E-state index contributed by atoms with van der Waals surface area (Å²) in [4.78, 5) is 2.21. The summed E-state index contributed by atoms with van der Waals surface area (Å²) < 4.78 is 33.0. The molecule has 6 nitrogen and oxygen atoms in total. The second-order valence-electron chi connectivity index (χ2n) is 5.34. The molecule has 7 heteroatoms. The van der Waals surface area contributed by atoms with E-state index in [1.807, 2.05) is 25.9 Å². The van der Waals surface area contributed by atoms with Gasteiger partial charge in [-0.1, -0.05) is 0 Å². The molecule has 20 heavy (non-hydrogen) atoms. The molecule has 1 unspecified atom stereocenters. The van der Waals surface area contributed by atoms with E-state index in [-0.39, 0.29) is 17.5 Å². The highest BCUT2D eigenvalue weighted by Crippen LogP contribution is 2.26. The van der Waals surface area contributed by atoms with Crippen molar-refractivity contribution in [1.82, 2.24) is 9.62 Å². The number of hydrogen-bond acceptors (Lipinski definition) is 5. The first-order chi connectivity index (χ1) is 9.19. The van der Waals surface area contributed by atoms with E-state index >= 15 is 0 Å². The zero-order valence-corrected chi connectivity index (χ0v) is 13.7. The number of hydrogen-bond donors (Lipinski definition) is 2. The summed E-state index contributed by atoms with van der Waals surface area (Å²) in [6.07, 6.45) is 0.736. The third-order valence-electron chi connectivity index (χ3n) is 3.16. The molecular formula is C13H25N3O3S. The average molecular weight is 303 g/mol. The summed E-state index contributed by atoms with van der Waals surface area (Å²) in [5.74, 6) is 0.946. The summed E-state index contributed by atoms with van der Waals surface area (Å²) in [6.45, 7) is 6.18. The van der Waals surface area contributed by atoms with Crippen molar-refractivity contribution in [3.05, 3.63) is 17.1 Å². The van der Waals surface area contributed by atoms with E-state index in [0.29, 0.717) is 17.1 Å². The van der Waals surface area contributed by atoms with Crippen molar-refractivity contribution in [2.24, 2.45) is 5.73 Å². The van der Waals surface area contributed by atoms with Crippen LogP contribution < -0.4 is 10.5 Å². The maximum atomic E-state index is 12.5. The maximum Gasteiger partial charge on any atom is 0.244 e. The molecule has 0 fully saturated rings. The first kappa shape index (κ1) is 17.2. The van der Waals surface area contributed by atoms with Crippen molar-refractivity contribution < 1.29 is 12.8 Å². The van der Waals surface area contributed by atoms with Gasteiger partial charge in [0.25, 0.3) is 0 Å². The van der Waals surface area contributed by atoms with Crippen LogP contribution in [0.15, 0.2) is 9.31 Å². The maximum absolute atomic E-state index is 12.5. The van der Waals surface area contributed by atoms with Gasteiger partial charge in [-0.25, -0.2) is 13.1 Å². The molecule has 1 aromatic rings. The van der Waals surface area contributed by atoms with Gasteiger partial charge in [0.1, 0.15) is 16.4 Å². The van der Waals surface area contributed by atoms with Crippen LogP contribution in [-0.4, -0.2) is 40.0 Å². The Morgan fingerprint density at radius 3 is 2.40 bits per heavy atom. The number of furan rings is 1. The van der Waals surface area contributed by atoms with Crippen molar-refractivity contribution in [2.45, 2.75) is 44.7 Å². The molecule has 3 N–H and O–H groups in total. The third-order valence-corrected chi connectivity index (χ3v) is 4.95. The molecule has 0 amide bonds. The molecule has 0 spiro atoms. The molecule has 0 aliphatic rings. The molecule has 1 atom stereocenters. The molecule has 1 heterocycles. The number of sulfonamides is 1. The van der Waals surface area contributed by atoms with E-state index in [0.717, 1.165) is 13.0 Å². The monoisotopic (exact) mass is 303 g/mol. The highest BCUT2D eigenvalue weighted by atomic mass is 32.2. The van der Waals surface area contributed by atoms with Crippen LogP contribution in [0.3, 0.4) is 0 Å². The normalized spacial score (nSPS) is 13.9. The fourth-order valence-corrected chi connectivity index (χ4v) is 3.87. The molecular weight excluding hydrogens is 278 g/mol. The van der Waals surface area contributed by atoms with Gasteiger partial charge in [0.05, 0.1) is 0 Å². The summed E-state index contributed by atoms with van der Waals surface area (Å²) in [6, 6.07) is -0.150. The lowest BCUT2D eigenvalue weighted by atomic mass is 10.2. The van der Waals surface area contributed by atoms with Gasteiger partial charge in [-0.05, 0) is 47.8 Å². The van der Waals surface area contributed by atoms with Crippen LogP contribution in [0.25, 0.3) is 0 Å². The number of rotatable bonds is 7. The molecule has 0 saturated heterocycles. The van der Waals surface area contributed by atoms with Crippen LogP contribution in [0.1, 0.15) is 30.4 Å². The Labute approximate surface area is 121 Å². The quantitative estimate of drug-likeness (QED) is 0.783. The zero-order valence-electron chi connectivity index (χ0n) is 12.9. The molecule has 0 radical (unpaired) electrons. The fraction of sp³-hybridized carbons (Fsp3) is 0.692. The number of nitrogens with zero attached hydrogens (tertiary/aromatic N) is 1. The van der Waals surface area contributed by atoms with Crippen LogP contribution in [0, 0.1) is 13.8 Å². The summed E-state index contributed by atoms with van der Waals surface area (Å²) in [7, 11) is 0.309. The molecule has 0 aliphatic heterocycles. The van der Waals surface area contributed by atoms with Gasteiger partial charge < -0.3 is 15.1 Å². The lowest BCUT2D eigenvalue weighted by molar-refractivity contribution is 0.379. The Bertz CT molecular complexity index is 549. The van der Waals surface area contributed by atoms with Crippen molar-refractivity contribution in [2.75, 3.05) is 20.6 Å². The van der Waals surface area contributed by atoms with Crippen LogP contribution in [0.4, 0.5) is 0 Å². The Hall–Kier alpha value is -0.890. The fourth-order valence-electron chi connectivity index (χ4n) is 2.13. The lowest BCUT2D eigenvalue weighted by Gasteiger charge is -2.17.